The number of aryl methyl sites for hydroxylation is 1. The molecule has 7 heteroatoms. The molecule has 0 saturated carbocycles. The normalized spacial score (nSPS) is 10.8. The monoisotopic (exact) mass is 385 g/mol. The summed E-state index contributed by atoms with van der Waals surface area (Å²) in [5, 5.41) is 7.19. The van der Waals surface area contributed by atoms with Crippen LogP contribution < -0.4 is 10.1 Å². The number of nitrogens with one attached hydrogen (secondary N) is 1. The minimum atomic E-state index is -2.83. The van der Waals surface area contributed by atoms with Gasteiger partial charge in [0.15, 0.2) is 0 Å². The molecular formula is C21H21F2N3O2. The molecule has 1 N–H and O–H groups in total. The summed E-state index contributed by atoms with van der Waals surface area (Å²) in [4.78, 5) is 12.0. The number of rotatable bonds is 9. The van der Waals surface area contributed by atoms with E-state index in [-0.39, 0.29) is 11.7 Å². The van der Waals surface area contributed by atoms with Gasteiger partial charge in [-0.3, -0.25) is 4.79 Å². The first kappa shape index (κ1) is 19.5. The largest absolute Gasteiger partial charge is 0.435 e. The topological polar surface area (TPSA) is 56.2 Å². The smallest absolute Gasteiger partial charge is 0.387 e. The van der Waals surface area contributed by atoms with E-state index in [1.54, 1.807) is 23.0 Å². The molecule has 0 aliphatic heterocycles. The van der Waals surface area contributed by atoms with E-state index in [9.17, 15) is 13.6 Å². The molecule has 146 valence electrons. The summed E-state index contributed by atoms with van der Waals surface area (Å²) in [5.41, 5.74) is 2.91. The number of ether oxygens (including phenoxy) is 1. The third-order valence-electron chi connectivity index (χ3n) is 4.18. The van der Waals surface area contributed by atoms with Gasteiger partial charge in [0.2, 0.25) is 5.91 Å². The number of hydrogen-bond donors (Lipinski definition) is 1. The molecule has 0 saturated heterocycles. The first-order valence-electron chi connectivity index (χ1n) is 8.99. The van der Waals surface area contributed by atoms with Crippen molar-refractivity contribution in [1.82, 2.24) is 15.1 Å². The second-order valence-electron chi connectivity index (χ2n) is 6.25. The summed E-state index contributed by atoms with van der Waals surface area (Å²) in [6.07, 6.45) is 5.29. The van der Waals surface area contributed by atoms with Gasteiger partial charge < -0.3 is 10.1 Å². The van der Waals surface area contributed by atoms with Crippen molar-refractivity contribution in [2.24, 2.45) is 0 Å². The molecule has 2 aromatic carbocycles. The Labute approximate surface area is 161 Å². The van der Waals surface area contributed by atoms with E-state index in [1.807, 2.05) is 36.5 Å². The van der Waals surface area contributed by atoms with Gasteiger partial charge in [0.1, 0.15) is 5.75 Å². The Balaban J connectivity index is 1.38. The highest BCUT2D eigenvalue weighted by atomic mass is 19.3. The molecule has 28 heavy (non-hydrogen) atoms. The van der Waals surface area contributed by atoms with Crippen LogP contribution in [0.3, 0.4) is 0 Å². The molecule has 1 amide bonds. The predicted octanol–water partition coefficient (Wildman–Crippen LogP) is 3.77. The predicted molar refractivity (Wildman–Crippen MR) is 102 cm³/mol. The summed E-state index contributed by atoms with van der Waals surface area (Å²) >= 11 is 0. The highest BCUT2D eigenvalue weighted by Gasteiger charge is 2.06. The van der Waals surface area contributed by atoms with Crippen molar-refractivity contribution < 1.29 is 18.3 Å². The molecule has 3 aromatic rings. The maximum atomic E-state index is 12.1. The summed E-state index contributed by atoms with van der Waals surface area (Å²) in [6, 6.07) is 16.2. The maximum absolute atomic E-state index is 12.1. The number of hydrogen-bond acceptors (Lipinski definition) is 3. The van der Waals surface area contributed by atoms with Crippen molar-refractivity contribution in [1.29, 1.82) is 0 Å². The van der Waals surface area contributed by atoms with Crippen molar-refractivity contribution in [3.8, 4) is 11.4 Å². The van der Waals surface area contributed by atoms with E-state index in [0.717, 1.165) is 16.8 Å². The lowest BCUT2D eigenvalue weighted by Gasteiger charge is -2.07. The lowest BCUT2D eigenvalue weighted by atomic mass is 10.1. The van der Waals surface area contributed by atoms with Crippen LogP contribution in [0.2, 0.25) is 0 Å². The molecule has 1 aromatic heterocycles. The fourth-order valence-electron chi connectivity index (χ4n) is 2.74. The number of carbonyl (C=O) groups is 1. The molecule has 0 aliphatic carbocycles. The minimum absolute atomic E-state index is 0.0369. The quantitative estimate of drug-likeness (QED) is 0.610. The van der Waals surface area contributed by atoms with Gasteiger partial charge >= 0.3 is 6.61 Å². The molecule has 0 spiro atoms. The molecule has 0 atom stereocenters. The molecule has 5 nitrogen and oxygen atoms in total. The first-order valence-corrected chi connectivity index (χ1v) is 8.99. The lowest BCUT2D eigenvalue weighted by molar-refractivity contribution is -0.121. The zero-order valence-electron chi connectivity index (χ0n) is 15.2. The van der Waals surface area contributed by atoms with Crippen molar-refractivity contribution in [3.05, 3.63) is 78.1 Å². The van der Waals surface area contributed by atoms with Gasteiger partial charge in [-0.2, -0.15) is 13.9 Å². The number of halogens is 2. The van der Waals surface area contributed by atoms with Gasteiger partial charge in [0, 0.05) is 19.2 Å². The highest BCUT2D eigenvalue weighted by Crippen LogP contribution is 2.15. The minimum Gasteiger partial charge on any atom is -0.435 e. The molecule has 0 aliphatic rings. The Bertz CT molecular complexity index is 880. The van der Waals surface area contributed by atoms with Crippen LogP contribution in [0.25, 0.3) is 5.69 Å². The van der Waals surface area contributed by atoms with Gasteiger partial charge in [-0.25, -0.2) is 4.68 Å². The van der Waals surface area contributed by atoms with Crippen molar-refractivity contribution >= 4 is 5.91 Å². The summed E-state index contributed by atoms with van der Waals surface area (Å²) in [6.45, 7) is -2.35. The number of carbonyl (C=O) groups excluding carboxylic acids is 1. The van der Waals surface area contributed by atoms with Crippen LogP contribution in [0.4, 0.5) is 8.78 Å². The van der Waals surface area contributed by atoms with E-state index in [0.29, 0.717) is 25.8 Å². The number of aromatic nitrogens is 2. The zero-order chi connectivity index (χ0) is 19.8. The van der Waals surface area contributed by atoms with Gasteiger partial charge in [-0.15, -0.1) is 0 Å². The van der Waals surface area contributed by atoms with Crippen LogP contribution in [-0.4, -0.2) is 28.8 Å². The number of amides is 1. The molecule has 0 bridgehead atoms. The average molecular weight is 385 g/mol. The van der Waals surface area contributed by atoms with Gasteiger partial charge in [0.25, 0.3) is 0 Å². The second-order valence-corrected chi connectivity index (χ2v) is 6.25. The number of nitrogens with zero attached hydrogens (tertiary/aromatic N) is 2. The molecule has 0 fully saturated rings. The van der Waals surface area contributed by atoms with Crippen LogP contribution in [0.1, 0.15) is 17.5 Å². The van der Waals surface area contributed by atoms with Crippen molar-refractivity contribution in [2.45, 2.75) is 25.9 Å². The average Bonchev–Trinajstić information content (AvgIpc) is 3.17. The second kappa shape index (κ2) is 9.64. The van der Waals surface area contributed by atoms with E-state index in [1.165, 1.54) is 12.1 Å². The summed E-state index contributed by atoms with van der Waals surface area (Å²) < 4.78 is 30.3. The summed E-state index contributed by atoms with van der Waals surface area (Å²) in [7, 11) is 0. The molecule has 1 heterocycles. The van der Waals surface area contributed by atoms with Crippen LogP contribution >= 0.6 is 0 Å². The molecule has 3 rings (SSSR count). The van der Waals surface area contributed by atoms with E-state index >= 15 is 0 Å². The molecule has 0 radical (unpaired) electrons. The highest BCUT2D eigenvalue weighted by molar-refractivity contribution is 5.76. The van der Waals surface area contributed by atoms with E-state index in [2.05, 4.69) is 15.2 Å². The van der Waals surface area contributed by atoms with Gasteiger partial charge in [-0.1, -0.05) is 30.3 Å². The van der Waals surface area contributed by atoms with Crippen LogP contribution in [0.5, 0.6) is 5.75 Å². The van der Waals surface area contributed by atoms with Crippen LogP contribution in [-0.2, 0) is 17.6 Å². The Morgan fingerprint density at radius 3 is 2.50 bits per heavy atom. The summed E-state index contributed by atoms with van der Waals surface area (Å²) in [5.74, 6) is 0.0870. The van der Waals surface area contributed by atoms with Gasteiger partial charge in [-0.05, 0) is 48.2 Å². The number of benzene rings is 2. The van der Waals surface area contributed by atoms with E-state index < -0.39 is 6.61 Å². The Hall–Kier alpha value is -3.22. The van der Waals surface area contributed by atoms with Crippen LogP contribution in [0, 0.1) is 0 Å². The third-order valence-corrected chi connectivity index (χ3v) is 4.18. The Morgan fingerprint density at radius 1 is 1.04 bits per heavy atom. The fourth-order valence-corrected chi connectivity index (χ4v) is 2.74. The third kappa shape index (κ3) is 5.90. The van der Waals surface area contributed by atoms with Crippen molar-refractivity contribution in [2.75, 3.05) is 6.54 Å². The zero-order valence-corrected chi connectivity index (χ0v) is 15.2. The van der Waals surface area contributed by atoms with Crippen LogP contribution in [0.15, 0.2) is 67.0 Å². The van der Waals surface area contributed by atoms with E-state index in [4.69, 9.17) is 0 Å². The van der Waals surface area contributed by atoms with Gasteiger partial charge in [0.05, 0.1) is 11.9 Å². The fraction of sp³-hybridized carbons (Fsp3) is 0.238. The SMILES string of the molecule is O=C(CCc1cnn(-c2ccccc2)c1)NCCc1ccc(OC(F)F)cc1. The molecular weight excluding hydrogens is 364 g/mol. The first-order chi connectivity index (χ1) is 13.6. The Morgan fingerprint density at radius 2 is 1.79 bits per heavy atom. The van der Waals surface area contributed by atoms with Crippen molar-refractivity contribution in [3.63, 3.8) is 0 Å². The number of para-hydroxylation sites is 1. The standard InChI is InChI=1S/C21H21F2N3O2/c22-21(23)28-19-9-6-16(7-10-19)12-13-24-20(27)11-8-17-14-25-26(15-17)18-4-2-1-3-5-18/h1-7,9-10,14-15,21H,8,11-13H2,(H,24,27). The number of alkyl halides is 2. The lowest BCUT2D eigenvalue weighted by Crippen LogP contribution is -2.25. The Kier molecular flexibility index (Phi) is 6.73. The molecule has 0 unspecified atom stereocenters. The maximum Gasteiger partial charge on any atom is 0.387 e.